The summed E-state index contributed by atoms with van der Waals surface area (Å²) in [5.74, 6) is 0.597. The van der Waals surface area contributed by atoms with E-state index in [-0.39, 0.29) is 5.56 Å². The Morgan fingerprint density at radius 3 is 2.86 bits per heavy atom. The molecule has 0 amide bonds. The molecule has 0 saturated carbocycles. The van der Waals surface area contributed by atoms with Crippen LogP contribution in [-0.2, 0) is 12.8 Å². The monoisotopic (exact) mass is 430 g/mol. The lowest BCUT2D eigenvalue weighted by atomic mass is 10.1. The van der Waals surface area contributed by atoms with Gasteiger partial charge in [0.2, 0.25) is 5.95 Å². The van der Waals surface area contributed by atoms with Gasteiger partial charge in [-0.1, -0.05) is 24.1 Å². The lowest BCUT2D eigenvalue weighted by molar-refractivity contribution is 0.405. The molecule has 1 aromatic carbocycles. The van der Waals surface area contributed by atoms with E-state index in [2.05, 4.69) is 24.3 Å². The van der Waals surface area contributed by atoms with Crippen molar-refractivity contribution in [3.8, 4) is 5.69 Å². The van der Waals surface area contributed by atoms with Crippen molar-refractivity contribution in [1.82, 2.24) is 14.5 Å². The molecule has 5 nitrogen and oxygen atoms in total. The number of thiophene rings is 1. The number of aryl methyl sites for hydroxylation is 2. The fourth-order valence-corrected chi connectivity index (χ4v) is 5.39. The lowest BCUT2D eigenvalue weighted by Gasteiger charge is -2.15. The number of aromatic nitrogens is 2. The van der Waals surface area contributed by atoms with Crippen LogP contribution in [-0.4, -0.2) is 41.6 Å². The zero-order chi connectivity index (χ0) is 20.4. The topological polar surface area (TPSA) is 50.2 Å². The van der Waals surface area contributed by atoms with E-state index in [1.165, 1.54) is 23.3 Å². The molecule has 0 fully saturated rings. The first-order chi connectivity index (χ1) is 14.0. The predicted octanol–water partition coefficient (Wildman–Crippen LogP) is 4.73. The summed E-state index contributed by atoms with van der Waals surface area (Å²) in [7, 11) is 4.12. The molecule has 7 heteroatoms. The molecule has 2 heterocycles. The number of anilines is 1. The molecule has 1 N–H and O–H groups in total. The van der Waals surface area contributed by atoms with Gasteiger partial charge in [0, 0.05) is 16.4 Å². The molecule has 29 heavy (non-hydrogen) atoms. The maximum absolute atomic E-state index is 13.7. The Labute approximate surface area is 180 Å². The molecule has 0 saturated heterocycles. The van der Waals surface area contributed by atoms with Gasteiger partial charge in [-0.25, -0.2) is 9.55 Å². The van der Waals surface area contributed by atoms with Crippen molar-refractivity contribution in [2.75, 3.05) is 32.5 Å². The molecule has 0 radical (unpaired) electrons. The normalized spacial score (nSPS) is 14.2. The van der Waals surface area contributed by atoms with Gasteiger partial charge in [-0.05, 0) is 76.5 Å². The van der Waals surface area contributed by atoms with Crippen LogP contribution in [0.2, 0.25) is 5.02 Å². The zero-order valence-electron chi connectivity index (χ0n) is 17.0. The lowest BCUT2D eigenvalue weighted by Crippen LogP contribution is -2.25. The zero-order valence-corrected chi connectivity index (χ0v) is 18.6. The van der Waals surface area contributed by atoms with Crippen LogP contribution in [0.5, 0.6) is 0 Å². The first kappa shape index (κ1) is 20.4. The van der Waals surface area contributed by atoms with Crippen LogP contribution in [0.1, 0.15) is 36.1 Å². The van der Waals surface area contributed by atoms with Gasteiger partial charge in [0.1, 0.15) is 4.83 Å². The number of nitrogens with one attached hydrogen (secondary N) is 1. The van der Waals surface area contributed by atoms with Crippen molar-refractivity contribution >= 4 is 39.1 Å². The summed E-state index contributed by atoms with van der Waals surface area (Å²) in [5, 5.41) is 4.81. The smallest absolute Gasteiger partial charge is 0.268 e. The Hall–Kier alpha value is -1.89. The van der Waals surface area contributed by atoms with E-state index < -0.39 is 0 Å². The van der Waals surface area contributed by atoms with Gasteiger partial charge >= 0.3 is 0 Å². The molecule has 3 aromatic rings. The molecule has 0 bridgehead atoms. The number of halogens is 1. The number of fused-ring (bicyclic) bond motifs is 3. The molecule has 0 aliphatic heterocycles. The fraction of sp³-hybridized carbons (Fsp3) is 0.455. The molecule has 154 valence electrons. The average Bonchev–Trinajstić information content (AvgIpc) is 2.86. The minimum Gasteiger partial charge on any atom is -0.355 e. The highest BCUT2D eigenvalue weighted by Crippen LogP contribution is 2.34. The summed E-state index contributed by atoms with van der Waals surface area (Å²) in [6.45, 7) is 1.73. The largest absolute Gasteiger partial charge is 0.355 e. The van der Waals surface area contributed by atoms with Crippen molar-refractivity contribution in [2.45, 2.75) is 38.5 Å². The second-order valence-corrected chi connectivity index (χ2v) is 9.40. The second kappa shape index (κ2) is 8.86. The number of nitrogens with zero attached hydrogens (tertiary/aromatic N) is 3. The van der Waals surface area contributed by atoms with Crippen LogP contribution >= 0.6 is 22.9 Å². The van der Waals surface area contributed by atoms with Crippen LogP contribution in [0.25, 0.3) is 15.9 Å². The third kappa shape index (κ3) is 4.34. The fourth-order valence-electron chi connectivity index (χ4n) is 3.95. The van der Waals surface area contributed by atoms with Gasteiger partial charge in [-0.15, -0.1) is 11.3 Å². The summed E-state index contributed by atoms with van der Waals surface area (Å²) >= 11 is 7.93. The molecule has 2 aromatic heterocycles. The second-order valence-electron chi connectivity index (χ2n) is 7.88. The van der Waals surface area contributed by atoms with E-state index in [4.69, 9.17) is 16.6 Å². The summed E-state index contributed by atoms with van der Waals surface area (Å²) in [6.07, 6.45) is 6.55. The Kier molecular flexibility index (Phi) is 6.23. The number of benzene rings is 1. The average molecular weight is 431 g/mol. The minimum atomic E-state index is 0.00627. The molecule has 4 rings (SSSR count). The highest BCUT2D eigenvalue weighted by molar-refractivity contribution is 7.18. The van der Waals surface area contributed by atoms with Crippen LogP contribution in [0, 0.1) is 0 Å². The van der Waals surface area contributed by atoms with Crippen molar-refractivity contribution in [3.63, 3.8) is 0 Å². The molecular formula is C22H27ClN4OS. The van der Waals surface area contributed by atoms with E-state index in [0.29, 0.717) is 11.0 Å². The Morgan fingerprint density at radius 2 is 2.07 bits per heavy atom. The first-order valence-corrected chi connectivity index (χ1v) is 11.5. The first-order valence-electron chi connectivity index (χ1n) is 10.3. The van der Waals surface area contributed by atoms with Crippen LogP contribution in [0.15, 0.2) is 29.1 Å². The van der Waals surface area contributed by atoms with E-state index in [0.717, 1.165) is 54.7 Å². The van der Waals surface area contributed by atoms with E-state index in [1.54, 1.807) is 15.9 Å². The maximum Gasteiger partial charge on any atom is 0.268 e. The minimum absolute atomic E-state index is 0.00627. The molecule has 0 atom stereocenters. The molecule has 1 aliphatic carbocycles. The van der Waals surface area contributed by atoms with Crippen molar-refractivity contribution in [2.24, 2.45) is 0 Å². The highest BCUT2D eigenvalue weighted by atomic mass is 35.5. The molecule has 0 spiro atoms. The van der Waals surface area contributed by atoms with E-state index in [9.17, 15) is 4.79 Å². The van der Waals surface area contributed by atoms with Gasteiger partial charge in [-0.3, -0.25) is 4.79 Å². The summed E-state index contributed by atoms with van der Waals surface area (Å²) < 4.78 is 1.70. The Balaban J connectivity index is 1.83. The van der Waals surface area contributed by atoms with Gasteiger partial charge < -0.3 is 10.2 Å². The molecule has 0 unspecified atom stereocenters. The molecular weight excluding hydrogens is 404 g/mol. The van der Waals surface area contributed by atoms with Crippen LogP contribution in [0.3, 0.4) is 0 Å². The standard InChI is InChI=1S/C22H27ClN4OS/c1-26(2)13-7-12-24-22-25-20-19(17-10-4-3-5-11-18(17)29-20)21(28)27(22)16-9-6-8-15(23)14-16/h6,8-9,14H,3-5,7,10-13H2,1-2H3,(H,24,25). The highest BCUT2D eigenvalue weighted by Gasteiger charge is 2.22. The quantitative estimate of drug-likeness (QED) is 0.453. The van der Waals surface area contributed by atoms with Crippen molar-refractivity contribution < 1.29 is 0 Å². The van der Waals surface area contributed by atoms with Crippen molar-refractivity contribution in [1.29, 1.82) is 0 Å². The maximum atomic E-state index is 13.7. The van der Waals surface area contributed by atoms with Crippen LogP contribution in [0.4, 0.5) is 5.95 Å². The van der Waals surface area contributed by atoms with E-state index >= 15 is 0 Å². The SMILES string of the molecule is CN(C)CCCNc1nc2sc3c(c2c(=O)n1-c1cccc(Cl)c1)CCCCC3. The third-order valence-corrected chi connectivity index (χ3v) is 6.79. The summed E-state index contributed by atoms with van der Waals surface area (Å²) in [4.78, 5) is 22.9. The van der Waals surface area contributed by atoms with Crippen molar-refractivity contribution in [3.05, 3.63) is 50.1 Å². The Morgan fingerprint density at radius 1 is 1.24 bits per heavy atom. The number of rotatable bonds is 6. The van der Waals surface area contributed by atoms with Gasteiger partial charge in [0.25, 0.3) is 5.56 Å². The number of hydrogen-bond donors (Lipinski definition) is 1. The summed E-state index contributed by atoms with van der Waals surface area (Å²) in [6, 6.07) is 7.43. The van der Waals surface area contributed by atoms with Gasteiger partial charge in [-0.2, -0.15) is 0 Å². The Bertz CT molecular complexity index is 1070. The predicted molar refractivity (Wildman–Crippen MR) is 123 cm³/mol. The molecule has 1 aliphatic rings. The van der Waals surface area contributed by atoms with E-state index in [1.807, 2.05) is 24.3 Å². The van der Waals surface area contributed by atoms with Gasteiger partial charge in [0.15, 0.2) is 0 Å². The number of hydrogen-bond acceptors (Lipinski definition) is 5. The summed E-state index contributed by atoms with van der Waals surface area (Å²) in [5.41, 5.74) is 1.97. The third-order valence-electron chi connectivity index (χ3n) is 5.37. The van der Waals surface area contributed by atoms with Crippen LogP contribution < -0.4 is 10.9 Å². The van der Waals surface area contributed by atoms with Gasteiger partial charge in [0.05, 0.1) is 11.1 Å².